The van der Waals surface area contributed by atoms with Gasteiger partial charge in [0, 0.05) is 13.6 Å². The molecule has 0 aromatic heterocycles. The van der Waals surface area contributed by atoms with Crippen LogP contribution in [0.15, 0.2) is 36.4 Å². The van der Waals surface area contributed by atoms with Crippen molar-refractivity contribution in [2.75, 3.05) is 34.4 Å². The lowest BCUT2D eigenvalue weighted by Crippen LogP contribution is -2.46. The first-order valence-corrected chi connectivity index (χ1v) is 9.97. The van der Waals surface area contributed by atoms with Gasteiger partial charge in [0.25, 0.3) is 0 Å². The topological polar surface area (TPSA) is 43.0 Å². The van der Waals surface area contributed by atoms with Crippen molar-refractivity contribution in [2.24, 2.45) is 0 Å². The van der Waals surface area contributed by atoms with Gasteiger partial charge in [0.2, 0.25) is 0 Å². The summed E-state index contributed by atoms with van der Waals surface area (Å²) in [5, 5.41) is 3.82. The van der Waals surface area contributed by atoms with E-state index in [9.17, 15) is 0 Å². The van der Waals surface area contributed by atoms with Crippen molar-refractivity contribution in [3.8, 4) is 17.2 Å². The van der Waals surface area contributed by atoms with E-state index in [1.807, 2.05) is 25.2 Å². The minimum atomic E-state index is -0.00522. The van der Waals surface area contributed by atoms with E-state index in [0.717, 1.165) is 47.3 Å². The molecule has 1 heterocycles. The molecule has 5 nitrogen and oxygen atoms in total. The Bertz CT molecular complexity index is 823. The molecule has 6 heteroatoms. The number of aryl methyl sites for hydroxylation is 1. The maximum absolute atomic E-state index is 6.16. The van der Waals surface area contributed by atoms with E-state index in [0.29, 0.717) is 6.61 Å². The van der Waals surface area contributed by atoms with Crippen LogP contribution in [0, 0.1) is 0 Å². The molecule has 1 N–H and O–H groups in total. The van der Waals surface area contributed by atoms with Crippen molar-refractivity contribution < 1.29 is 14.2 Å². The predicted molar refractivity (Wildman–Crippen MR) is 116 cm³/mol. The van der Waals surface area contributed by atoms with Crippen LogP contribution in [0.2, 0.25) is 0 Å². The second kappa shape index (κ2) is 9.15. The number of hydrogen-bond donors (Lipinski definition) is 1. The number of nitrogens with zero attached hydrogens (tertiary/aromatic N) is 1. The summed E-state index contributed by atoms with van der Waals surface area (Å²) < 4.78 is 17.2. The molecule has 0 amide bonds. The van der Waals surface area contributed by atoms with Crippen molar-refractivity contribution in [3.63, 3.8) is 0 Å². The summed E-state index contributed by atoms with van der Waals surface area (Å²) >= 11 is 5.56. The first-order chi connectivity index (χ1) is 13.6. The summed E-state index contributed by atoms with van der Waals surface area (Å²) in [5.41, 5.74) is 3.69. The van der Waals surface area contributed by atoms with E-state index >= 15 is 0 Å². The lowest BCUT2D eigenvalue weighted by atomic mass is 9.92. The van der Waals surface area contributed by atoms with Gasteiger partial charge in [-0.3, -0.25) is 0 Å². The molecule has 2 aromatic rings. The molecule has 3 rings (SSSR count). The maximum atomic E-state index is 6.16. The van der Waals surface area contributed by atoms with E-state index in [2.05, 4.69) is 35.3 Å². The first-order valence-electron chi connectivity index (χ1n) is 9.56. The molecule has 0 bridgehead atoms. The molecule has 0 radical (unpaired) electrons. The summed E-state index contributed by atoms with van der Waals surface area (Å²) in [5.74, 6) is 2.33. The highest BCUT2D eigenvalue weighted by atomic mass is 32.1. The fourth-order valence-corrected chi connectivity index (χ4v) is 3.81. The van der Waals surface area contributed by atoms with Gasteiger partial charge in [0.1, 0.15) is 12.4 Å². The Morgan fingerprint density at radius 1 is 1.14 bits per heavy atom. The fourth-order valence-electron chi connectivity index (χ4n) is 3.59. The third kappa shape index (κ3) is 4.17. The normalized spacial score (nSPS) is 15.6. The third-order valence-corrected chi connectivity index (χ3v) is 5.66. The average Bonchev–Trinajstić information content (AvgIpc) is 2.75. The molecule has 0 saturated carbocycles. The van der Waals surface area contributed by atoms with Gasteiger partial charge in [0.15, 0.2) is 16.6 Å². The Labute approximate surface area is 172 Å². The number of thiocarbonyl (C=S) groups is 1. The van der Waals surface area contributed by atoms with Gasteiger partial charge in [-0.15, -0.1) is 0 Å². The Morgan fingerprint density at radius 3 is 2.43 bits per heavy atom. The highest BCUT2D eigenvalue weighted by Crippen LogP contribution is 2.38. The Balaban J connectivity index is 1.90. The van der Waals surface area contributed by atoms with Gasteiger partial charge in [-0.2, -0.15) is 0 Å². The highest BCUT2D eigenvalue weighted by Gasteiger charge is 2.31. The van der Waals surface area contributed by atoms with E-state index in [-0.39, 0.29) is 6.04 Å². The van der Waals surface area contributed by atoms with Crippen LogP contribution in [-0.4, -0.2) is 44.4 Å². The molecule has 0 fully saturated rings. The number of ether oxygens (including phenoxy) is 3. The van der Waals surface area contributed by atoms with Crippen LogP contribution in [-0.2, 0) is 12.8 Å². The monoisotopic (exact) mass is 400 g/mol. The van der Waals surface area contributed by atoms with E-state index in [4.69, 9.17) is 26.4 Å². The van der Waals surface area contributed by atoms with Crippen LogP contribution in [0.25, 0.3) is 0 Å². The number of hydrogen-bond acceptors (Lipinski definition) is 4. The lowest BCUT2D eigenvalue weighted by Gasteiger charge is -2.39. The van der Waals surface area contributed by atoms with E-state index in [1.54, 1.807) is 14.2 Å². The molecule has 0 saturated heterocycles. The van der Waals surface area contributed by atoms with Gasteiger partial charge < -0.3 is 24.4 Å². The van der Waals surface area contributed by atoms with Gasteiger partial charge >= 0.3 is 0 Å². The summed E-state index contributed by atoms with van der Waals surface area (Å²) in [7, 11) is 5.17. The summed E-state index contributed by atoms with van der Waals surface area (Å²) in [6.45, 7) is 3.47. The molecule has 0 unspecified atom stereocenters. The smallest absolute Gasteiger partial charge is 0.169 e. The van der Waals surface area contributed by atoms with Gasteiger partial charge in [-0.25, -0.2) is 0 Å². The highest BCUT2D eigenvalue weighted by molar-refractivity contribution is 7.80. The fraction of sp³-hybridized carbons (Fsp3) is 0.409. The SMILES string of the molecule is CCc1ccc(OC[C@@H]2c3cc(OC)c(OC)cc3CCN2C(=S)NC)cc1. The minimum Gasteiger partial charge on any atom is -0.493 e. The summed E-state index contributed by atoms with van der Waals surface area (Å²) in [6.07, 6.45) is 1.90. The van der Waals surface area contributed by atoms with Crippen LogP contribution in [0.1, 0.15) is 29.7 Å². The number of rotatable bonds is 6. The minimum absolute atomic E-state index is 0.00522. The number of fused-ring (bicyclic) bond motifs is 1. The molecule has 1 atom stereocenters. The van der Waals surface area contributed by atoms with Crippen LogP contribution in [0.3, 0.4) is 0 Å². The van der Waals surface area contributed by atoms with Crippen LogP contribution in [0.5, 0.6) is 17.2 Å². The van der Waals surface area contributed by atoms with Crippen molar-refractivity contribution in [2.45, 2.75) is 25.8 Å². The van der Waals surface area contributed by atoms with Crippen molar-refractivity contribution in [1.29, 1.82) is 0 Å². The maximum Gasteiger partial charge on any atom is 0.169 e. The van der Waals surface area contributed by atoms with Crippen LogP contribution < -0.4 is 19.5 Å². The average molecular weight is 401 g/mol. The number of methoxy groups -OCH3 is 2. The van der Waals surface area contributed by atoms with Crippen molar-refractivity contribution in [3.05, 3.63) is 53.1 Å². The predicted octanol–water partition coefficient (Wildman–Crippen LogP) is 3.75. The second-order valence-corrected chi connectivity index (χ2v) is 7.12. The molecule has 0 spiro atoms. The van der Waals surface area contributed by atoms with Crippen molar-refractivity contribution >= 4 is 17.3 Å². The zero-order valence-corrected chi connectivity index (χ0v) is 17.8. The standard InChI is InChI=1S/C22H28N2O3S/c1-5-15-6-8-17(9-7-15)27-14-19-18-13-21(26-4)20(25-3)12-16(18)10-11-24(19)22(28)23-2/h6-9,12-13,19H,5,10-11,14H2,1-4H3,(H,23,28)/t19-/m1/s1. The zero-order valence-electron chi connectivity index (χ0n) is 17.0. The van der Waals surface area contributed by atoms with Gasteiger partial charge in [-0.1, -0.05) is 19.1 Å². The molecule has 1 aliphatic rings. The molecule has 2 aromatic carbocycles. The summed E-state index contributed by atoms with van der Waals surface area (Å²) in [4.78, 5) is 2.18. The molecular formula is C22H28N2O3S. The molecule has 1 aliphatic heterocycles. The van der Waals surface area contributed by atoms with E-state index in [1.165, 1.54) is 11.1 Å². The third-order valence-electron chi connectivity index (χ3n) is 5.22. The first kappa shape index (κ1) is 20.3. The van der Waals surface area contributed by atoms with Gasteiger partial charge in [0.05, 0.1) is 20.3 Å². The Kier molecular flexibility index (Phi) is 6.62. The quantitative estimate of drug-likeness (QED) is 0.745. The Morgan fingerprint density at radius 2 is 1.82 bits per heavy atom. The Hall–Kier alpha value is -2.47. The number of nitrogens with one attached hydrogen (secondary N) is 1. The molecule has 0 aliphatic carbocycles. The van der Waals surface area contributed by atoms with E-state index < -0.39 is 0 Å². The van der Waals surface area contributed by atoms with Crippen LogP contribution in [0.4, 0.5) is 0 Å². The molecule has 150 valence electrons. The van der Waals surface area contributed by atoms with Crippen LogP contribution >= 0.6 is 12.2 Å². The number of benzene rings is 2. The molecular weight excluding hydrogens is 372 g/mol. The second-order valence-electron chi connectivity index (χ2n) is 6.73. The molecule has 28 heavy (non-hydrogen) atoms. The van der Waals surface area contributed by atoms with Crippen molar-refractivity contribution in [1.82, 2.24) is 10.2 Å². The summed E-state index contributed by atoms with van der Waals surface area (Å²) in [6, 6.07) is 12.4. The lowest BCUT2D eigenvalue weighted by molar-refractivity contribution is 0.187. The largest absolute Gasteiger partial charge is 0.493 e. The zero-order chi connectivity index (χ0) is 20.1. The van der Waals surface area contributed by atoms with Gasteiger partial charge in [-0.05, 0) is 66.0 Å².